The zero-order valence-corrected chi connectivity index (χ0v) is 13.8. The number of guanidine groups is 1. The van der Waals surface area contributed by atoms with Gasteiger partial charge in [-0.2, -0.15) is 0 Å². The largest absolute Gasteiger partial charge is 0.382 e. The van der Waals surface area contributed by atoms with Gasteiger partial charge in [0, 0.05) is 45.8 Å². The number of carbonyl (C=O) groups excluding carboxylic acids is 1. The fourth-order valence-electron chi connectivity index (χ4n) is 1.64. The second-order valence-corrected chi connectivity index (χ2v) is 4.69. The third-order valence-electron chi connectivity index (χ3n) is 2.73. The van der Waals surface area contributed by atoms with Crippen molar-refractivity contribution >= 4 is 11.9 Å². The zero-order valence-electron chi connectivity index (χ0n) is 13.8. The van der Waals surface area contributed by atoms with Gasteiger partial charge in [-0.25, -0.2) is 0 Å². The normalized spacial score (nSPS) is 11.3. The van der Waals surface area contributed by atoms with Gasteiger partial charge in [-0.1, -0.05) is 6.92 Å². The van der Waals surface area contributed by atoms with Gasteiger partial charge in [-0.3, -0.25) is 9.79 Å². The summed E-state index contributed by atoms with van der Waals surface area (Å²) in [7, 11) is 0. The first-order chi connectivity index (χ1) is 10.2. The summed E-state index contributed by atoms with van der Waals surface area (Å²) < 4.78 is 5.29. The molecule has 0 radical (unpaired) electrons. The van der Waals surface area contributed by atoms with E-state index in [4.69, 9.17) is 4.74 Å². The predicted molar refractivity (Wildman–Crippen MR) is 87.6 cm³/mol. The Labute approximate surface area is 129 Å². The number of aliphatic imine (C=N–C) groups is 1. The number of carbonyl (C=O) groups is 1. The van der Waals surface area contributed by atoms with Crippen molar-refractivity contribution in [2.75, 3.05) is 39.4 Å². The summed E-state index contributed by atoms with van der Waals surface area (Å²) in [6.45, 7) is 10.6. The Hall–Kier alpha value is -1.30. The minimum absolute atomic E-state index is 0.0805. The van der Waals surface area contributed by atoms with Crippen LogP contribution in [0.1, 0.15) is 46.5 Å². The third kappa shape index (κ3) is 13.4. The quantitative estimate of drug-likeness (QED) is 0.288. The van der Waals surface area contributed by atoms with Gasteiger partial charge in [0.05, 0.1) is 0 Å². The lowest BCUT2D eigenvalue weighted by atomic mass is 10.3. The summed E-state index contributed by atoms with van der Waals surface area (Å²) >= 11 is 0. The van der Waals surface area contributed by atoms with Crippen LogP contribution in [0.5, 0.6) is 0 Å². The number of ether oxygens (including phenoxy) is 1. The van der Waals surface area contributed by atoms with Gasteiger partial charge in [-0.15, -0.1) is 0 Å². The lowest BCUT2D eigenvalue weighted by Crippen LogP contribution is -2.39. The summed E-state index contributed by atoms with van der Waals surface area (Å²) in [6.07, 6.45) is 3.46. The third-order valence-corrected chi connectivity index (χ3v) is 2.73. The van der Waals surface area contributed by atoms with Gasteiger partial charge in [0.25, 0.3) is 0 Å². The van der Waals surface area contributed by atoms with Crippen molar-refractivity contribution in [3.8, 4) is 0 Å². The van der Waals surface area contributed by atoms with Crippen molar-refractivity contribution in [1.82, 2.24) is 16.0 Å². The number of hydrogen-bond acceptors (Lipinski definition) is 3. The molecule has 0 aromatic rings. The number of unbranched alkanes of at least 4 members (excludes halogenated alkanes) is 1. The Bertz CT molecular complexity index is 283. The standard InChI is InChI=1S/C15H32N4O2/c1-4-10-17-14(20)9-12-19-15(16-5-2)18-11-7-8-13-21-6-3/h4-13H2,1-3H3,(H,17,20)(H2,16,18,19). The lowest BCUT2D eigenvalue weighted by molar-refractivity contribution is -0.120. The summed E-state index contributed by atoms with van der Waals surface area (Å²) in [5.41, 5.74) is 0. The van der Waals surface area contributed by atoms with Crippen molar-refractivity contribution in [2.45, 2.75) is 46.5 Å². The Morgan fingerprint density at radius 3 is 2.52 bits per heavy atom. The predicted octanol–water partition coefficient (Wildman–Crippen LogP) is 1.27. The first-order valence-electron chi connectivity index (χ1n) is 8.11. The van der Waals surface area contributed by atoms with E-state index >= 15 is 0 Å². The molecule has 0 unspecified atom stereocenters. The fraction of sp³-hybridized carbons (Fsp3) is 0.867. The van der Waals surface area contributed by atoms with Gasteiger partial charge in [0.2, 0.25) is 5.91 Å². The Morgan fingerprint density at radius 1 is 1.05 bits per heavy atom. The maximum atomic E-state index is 11.5. The molecule has 0 aromatic heterocycles. The molecule has 0 fully saturated rings. The van der Waals surface area contributed by atoms with Gasteiger partial charge in [-0.05, 0) is 33.1 Å². The Balaban J connectivity index is 3.81. The molecule has 3 N–H and O–H groups in total. The van der Waals surface area contributed by atoms with Crippen LogP contribution in [0.25, 0.3) is 0 Å². The maximum absolute atomic E-state index is 11.5. The minimum atomic E-state index is 0.0805. The fourth-order valence-corrected chi connectivity index (χ4v) is 1.64. The smallest absolute Gasteiger partial charge is 0.221 e. The van der Waals surface area contributed by atoms with Crippen LogP contribution < -0.4 is 16.0 Å². The Kier molecular flexibility index (Phi) is 14.2. The van der Waals surface area contributed by atoms with Crippen molar-refractivity contribution in [3.63, 3.8) is 0 Å². The topological polar surface area (TPSA) is 74.8 Å². The average molecular weight is 300 g/mol. The number of nitrogens with one attached hydrogen (secondary N) is 3. The molecule has 0 aromatic carbocycles. The second-order valence-electron chi connectivity index (χ2n) is 4.69. The van der Waals surface area contributed by atoms with Crippen LogP contribution in [-0.4, -0.2) is 51.3 Å². The molecule has 0 heterocycles. The Morgan fingerprint density at radius 2 is 1.86 bits per heavy atom. The van der Waals surface area contributed by atoms with E-state index in [1.54, 1.807) is 0 Å². The van der Waals surface area contributed by atoms with E-state index < -0.39 is 0 Å². The molecule has 0 aliphatic heterocycles. The van der Waals surface area contributed by atoms with E-state index in [1.165, 1.54) is 0 Å². The van der Waals surface area contributed by atoms with Crippen molar-refractivity contribution in [3.05, 3.63) is 0 Å². The maximum Gasteiger partial charge on any atom is 0.221 e. The number of amides is 1. The second kappa shape index (κ2) is 15.1. The summed E-state index contributed by atoms with van der Waals surface area (Å²) in [5.74, 6) is 0.856. The molecule has 21 heavy (non-hydrogen) atoms. The van der Waals surface area contributed by atoms with Crippen molar-refractivity contribution in [2.24, 2.45) is 4.99 Å². The van der Waals surface area contributed by atoms with E-state index in [9.17, 15) is 4.79 Å². The molecule has 0 aliphatic carbocycles. The number of rotatable bonds is 12. The van der Waals surface area contributed by atoms with E-state index in [0.717, 1.165) is 58.1 Å². The van der Waals surface area contributed by atoms with E-state index in [1.807, 2.05) is 20.8 Å². The molecule has 0 spiro atoms. The molecule has 6 heteroatoms. The van der Waals surface area contributed by atoms with Gasteiger partial charge < -0.3 is 20.7 Å². The molecule has 124 valence electrons. The SMILES string of the molecule is CCCNC(=O)CCNC(=NCCCCOCC)NCC. The molecule has 0 rings (SSSR count). The van der Waals surface area contributed by atoms with Crippen LogP contribution in [0, 0.1) is 0 Å². The molecule has 0 aliphatic rings. The number of hydrogen-bond donors (Lipinski definition) is 3. The van der Waals surface area contributed by atoms with Crippen molar-refractivity contribution in [1.29, 1.82) is 0 Å². The molecule has 0 bridgehead atoms. The summed E-state index contributed by atoms with van der Waals surface area (Å²) in [5, 5.41) is 9.21. The van der Waals surface area contributed by atoms with Gasteiger partial charge in [0.1, 0.15) is 0 Å². The molecule has 6 nitrogen and oxygen atoms in total. The molecule has 0 saturated heterocycles. The van der Waals surface area contributed by atoms with Crippen LogP contribution in [0.4, 0.5) is 0 Å². The van der Waals surface area contributed by atoms with Gasteiger partial charge in [0.15, 0.2) is 5.96 Å². The summed E-state index contributed by atoms with van der Waals surface area (Å²) in [4.78, 5) is 16.0. The average Bonchev–Trinajstić information content (AvgIpc) is 2.48. The van der Waals surface area contributed by atoms with Crippen LogP contribution in [-0.2, 0) is 9.53 Å². The first-order valence-corrected chi connectivity index (χ1v) is 8.11. The van der Waals surface area contributed by atoms with Crippen LogP contribution in [0.2, 0.25) is 0 Å². The zero-order chi connectivity index (χ0) is 15.8. The molecular formula is C15H32N4O2. The highest BCUT2D eigenvalue weighted by Crippen LogP contribution is 1.91. The lowest BCUT2D eigenvalue weighted by Gasteiger charge is -2.11. The van der Waals surface area contributed by atoms with E-state index in [0.29, 0.717) is 13.0 Å². The number of nitrogens with zero attached hydrogens (tertiary/aromatic N) is 1. The summed E-state index contributed by atoms with van der Waals surface area (Å²) in [6, 6.07) is 0. The van der Waals surface area contributed by atoms with E-state index in [-0.39, 0.29) is 5.91 Å². The monoisotopic (exact) mass is 300 g/mol. The van der Waals surface area contributed by atoms with Gasteiger partial charge >= 0.3 is 0 Å². The molecular weight excluding hydrogens is 268 g/mol. The van der Waals surface area contributed by atoms with Crippen LogP contribution in [0.15, 0.2) is 4.99 Å². The minimum Gasteiger partial charge on any atom is -0.382 e. The van der Waals surface area contributed by atoms with E-state index in [2.05, 4.69) is 20.9 Å². The highest BCUT2D eigenvalue weighted by molar-refractivity contribution is 5.81. The van der Waals surface area contributed by atoms with Crippen molar-refractivity contribution < 1.29 is 9.53 Å². The van der Waals surface area contributed by atoms with Crippen LogP contribution >= 0.6 is 0 Å². The molecule has 1 amide bonds. The highest BCUT2D eigenvalue weighted by Gasteiger charge is 2.01. The molecule has 0 saturated carbocycles. The van der Waals surface area contributed by atoms with Crippen LogP contribution in [0.3, 0.4) is 0 Å². The first kappa shape index (κ1) is 19.7. The highest BCUT2D eigenvalue weighted by atomic mass is 16.5. The molecule has 0 atom stereocenters.